The van der Waals surface area contributed by atoms with Crippen molar-refractivity contribution in [1.29, 1.82) is 5.26 Å². The molecule has 0 aliphatic heterocycles. The van der Waals surface area contributed by atoms with Crippen LogP contribution in [0.2, 0.25) is 0 Å². The van der Waals surface area contributed by atoms with Gasteiger partial charge in [0, 0.05) is 6.61 Å². The van der Waals surface area contributed by atoms with Crippen LogP contribution in [0, 0.1) is 11.3 Å². The zero-order chi connectivity index (χ0) is 10.3. The number of nitrogens with one attached hydrogen (secondary N) is 1. The largest absolute Gasteiger partial charge is 0.381 e. The summed E-state index contributed by atoms with van der Waals surface area (Å²) in [4.78, 5) is 0. The van der Waals surface area contributed by atoms with Gasteiger partial charge in [0.15, 0.2) is 0 Å². The fourth-order valence-electron chi connectivity index (χ4n) is 0.668. The van der Waals surface area contributed by atoms with Gasteiger partial charge in [-0.2, -0.15) is 9.98 Å². The molecule has 0 spiro atoms. The summed E-state index contributed by atoms with van der Waals surface area (Å²) in [6.45, 7) is 3.92. The van der Waals surface area contributed by atoms with Crippen LogP contribution in [0.25, 0.3) is 0 Å². The van der Waals surface area contributed by atoms with E-state index in [0.717, 1.165) is 0 Å². The summed E-state index contributed by atoms with van der Waals surface area (Å²) in [7, 11) is -3.36. The maximum absolute atomic E-state index is 11.1. The van der Waals surface area contributed by atoms with Crippen molar-refractivity contribution in [2.45, 2.75) is 19.9 Å². The molecule has 76 valence electrons. The molecule has 0 aliphatic carbocycles. The predicted molar refractivity (Wildman–Crippen MR) is 48.5 cm³/mol. The summed E-state index contributed by atoms with van der Waals surface area (Å²) in [5, 5.41) is 8.36. The fraction of sp³-hybridized carbons (Fsp3) is 0.857. The van der Waals surface area contributed by atoms with E-state index in [2.05, 4.69) is 4.72 Å². The summed E-state index contributed by atoms with van der Waals surface area (Å²) in [6, 6.07) is 1.09. The zero-order valence-corrected chi connectivity index (χ0v) is 8.60. The minimum absolute atomic E-state index is 0.104. The lowest BCUT2D eigenvalue weighted by molar-refractivity contribution is 0.163. The number of hydrogen-bond acceptors (Lipinski definition) is 4. The van der Waals surface area contributed by atoms with Gasteiger partial charge in [-0.15, -0.1) is 0 Å². The Labute approximate surface area is 78.7 Å². The van der Waals surface area contributed by atoms with Crippen molar-refractivity contribution >= 4 is 10.0 Å². The number of sulfonamides is 1. The Morgan fingerprint density at radius 3 is 2.69 bits per heavy atom. The van der Waals surface area contributed by atoms with Crippen LogP contribution in [0.5, 0.6) is 0 Å². The molecule has 1 atom stereocenters. The second-order valence-electron chi connectivity index (χ2n) is 2.48. The van der Waals surface area contributed by atoms with E-state index >= 15 is 0 Å². The Hall–Kier alpha value is -0.640. The molecule has 0 bridgehead atoms. The van der Waals surface area contributed by atoms with Gasteiger partial charge in [0.25, 0.3) is 0 Å². The smallest absolute Gasteiger partial charge is 0.215 e. The highest BCUT2D eigenvalue weighted by Gasteiger charge is 2.12. The quantitative estimate of drug-likeness (QED) is 0.613. The molecule has 13 heavy (non-hydrogen) atoms. The van der Waals surface area contributed by atoms with Crippen molar-refractivity contribution in [3.8, 4) is 6.07 Å². The summed E-state index contributed by atoms with van der Waals surface area (Å²) in [5.74, 6) is -0.104. The highest BCUT2D eigenvalue weighted by molar-refractivity contribution is 7.89. The van der Waals surface area contributed by atoms with Crippen LogP contribution >= 0.6 is 0 Å². The van der Waals surface area contributed by atoms with Gasteiger partial charge in [-0.05, 0) is 13.8 Å². The molecule has 0 aromatic heterocycles. The Morgan fingerprint density at radius 2 is 2.23 bits per heavy atom. The second kappa shape index (κ2) is 5.91. The van der Waals surface area contributed by atoms with Gasteiger partial charge in [0.1, 0.15) is 6.04 Å². The number of nitrogens with zero attached hydrogens (tertiary/aromatic N) is 1. The van der Waals surface area contributed by atoms with E-state index in [9.17, 15) is 8.42 Å². The van der Waals surface area contributed by atoms with Crippen LogP contribution in [0.1, 0.15) is 13.8 Å². The molecule has 0 saturated carbocycles. The zero-order valence-electron chi connectivity index (χ0n) is 7.78. The van der Waals surface area contributed by atoms with E-state index in [1.807, 2.05) is 0 Å². The molecule has 5 nitrogen and oxygen atoms in total. The van der Waals surface area contributed by atoms with Gasteiger partial charge in [-0.1, -0.05) is 0 Å². The molecule has 0 saturated heterocycles. The first-order valence-electron chi connectivity index (χ1n) is 3.99. The lowest BCUT2D eigenvalue weighted by Gasteiger charge is -2.07. The monoisotopic (exact) mass is 206 g/mol. The molecule has 6 heteroatoms. The third-order valence-electron chi connectivity index (χ3n) is 1.25. The van der Waals surface area contributed by atoms with Crippen LogP contribution in [-0.2, 0) is 14.8 Å². The summed E-state index contributed by atoms with van der Waals surface area (Å²) >= 11 is 0. The fourth-order valence-corrected chi connectivity index (χ4v) is 1.71. The first kappa shape index (κ1) is 12.4. The van der Waals surface area contributed by atoms with Crippen molar-refractivity contribution in [3.05, 3.63) is 0 Å². The minimum atomic E-state index is -3.36. The van der Waals surface area contributed by atoms with E-state index in [-0.39, 0.29) is 12.4 Å². The lowest BCUT2D eigenvalue weighted by Crippen LogP contribution is -2.34. The predicted octanol–water partition coefficient (Wildman–Crippen LogP) is -0.146. The highest BCUT2D eigenvalue weighted by atomic mass is 32.2. The third-order valence-corrected chi connectivity index (χ3v) is 2.67. The van der Waals surface area contributed by atoms with Crippen LogP contribution in [0.15, 0.2) is 0 Å². The average molecular weight is 206 g/mol. The second-order valence-corrected chi connectivity index (χ2v) is 4.36. The molecule has 0 rings (SSSR count). The van der Waals surface area contributed by atoms with Gasteiger partial charge in [0.2, 0.25) is 10.0 Å². The van der Waals surface area contributed by atoms with Gasteiger partial charge in [-0.3, -0.25) is 0 Å². The highest BCUT2D eigenvalue weighted by Crippen LogP contribution is 1.89. The summed E-state index contributed by atoms with van der Waals surface area (Å²) < 4.78 is 29.3. The lowest BCUT2D eigenvalue weighted by atomic mass is 10.4. The molecule has 0 aromatic rings. The Balaban J connectivity index is 3.89. The SMILES string of the molecule is CCOCCS(=O)(=O)NC(C)C#N. The molecule has 0 aliphatic rings. The average Bonchev–Trinajstić information content (AvgIpc) is 2.03. The minimum Gasteiger partial charge on any atom is -0.381 e. The van der Waals surface area contributed by atoms with Crippen molar-refractivity contribution in [3.63, 3.8) is 0 Å². The molecular formula is C7H14N2O3S. The topological polar surface area (TPSA) is 79.2 Å². The maximum Gasteiger partial charge on any atom is 0.215 e. The number of ether oxygens (including phenoxy) is 1. The van der Waals surface area contributed by atoms with E-state index < -0.39 is 16.1 Å². The number of hydrogen-bond donors (Lipinski definition) is 1. The molecule has 0 radical (unpaired) electrons. The molecule has 0 fully saturated rings. The standard InChI is InChI=1S/C7H14N2O3S/c1-3-12-4-5-13(10,11)9-7(2)6-8/h7,9H,3-5H2,1-2H3. The molecule has 0 aromatic carbocycles. The third kappa shape index (κ3) is 6.51. The van der Waals surface area contributed by atoms with Crippen LogP contribution in [0.3, 0.4) is 0 Å². The van der Waals surface area contributed by atoms with Crippen LogP contribution in [0.4, 0.5) is 0 Å². The molecule has 1 N–H and O–H groups in total. The van der Waals surface area contributed by atoms with Crippen molar-refractivity contribution in [2.75, 3.05) is 19.0 Å². The first-order valence-corrected chi connectivity index (χ1v) is 5.64. The number of rotatable bonds is 6. The summed E-state index contributed by atoms with van der Waals surface area (Å²) in [5.41, 5.74) is 0. The van der Waals surface area contributed by atoms with E-state index in [0.29, 0.717) is 6.61 Å². The van der Waals surface area contributed by atoms with Crippen LogP contribution < -0.4 is 4.72 Å². The van der Waals surface area contributed by atoms with Gasteiger partial charge in [-0.25, -0.2) is 8.42 Å². The van der Waals surface area contributed by atoms with Crippen molar-refractivity contribution in [2.24, 2.45) is 0 Å². The molecule has 0 heterocycles. The molecular weight excluding hydrogens is 192 g/mol. The van der Waals surface area contributed by atoms with E-state index in [1.54, 1.807) is 13.0 Å². The van der Waals surface area contributed by atoms with Crippen molar-refractivity contribution in [1.82, 2.24) is 4.72 Å². The Bertz CT molecular complexity index is 268. The van der Waals surface area contributed by atoms with Gasteiger partial charge < -0.3 is 4.74 Å². The Kier molecular flexibility index (Phi) is 5.62. The maximum atomic E-state index is 11.1. The molecule has 0 amide bonds. The van der Waals surface area contributed by atoms with E-state index in [4.69, 9.17) is 10.00 Å². The normalized spacial score (nSPS) is 13.6. The first-order chi connectivity index (χ1) is 6.02. The van der Waals surface area contributed by atoms with Gasteiger partial charge >= 0.3 is 0 Å². The number of nitriles is 1. The van der Waals surface area contributed by atoms with Crippen molar-refractivity contribution < 1.29 is 13.2 Å². The Morgan fingerprint density at radius 1 is 1.62 bits per heavy atom. The van der Waals surface area contributed by atoms with Gasteiger partial charge in [0.05, 0.1) is 18.4 Å². The van der Waals surface area contributed by atoms with Crippen LogP contribution in [-0.4, -0.2) is 33.4 Å². The van der Waals surface area contributed by atoms with E-state index in [1.165, 1.54) is 6.92 Å². The summed E-state index contributed by atoms with van der Waals surface area (Å²) in [6.07, 6.45) is 0. The molecule has 1 unspecified atom stereocenters.